The molecule has 0 bridgehead atoms. The molecule has 19 heavy (non-hydrogen) atoms. The third-order valence-electron chi connectivity index (χ3n) is 2.65. The van der Waals surface area contributed by atoms with Crippen LogP contribution in [0.5, 0.6) is 0 Å². The van der Waals surface area contributed by atoms with Crippen LogP contribution in [-0.2, 0) is 11.3 Å². The summed E-state index contributed by atoms with van der Waals surface area (Å²) in [5, 5.41) is 3.46. The molecule has 0 atom stereocenters. The molecule has 2 nitrogen and oxygen atoms in total. The molecular weight excluding hydrogens is 254 g/mol. The molecule has 0 amide bonds. The lowest BCUT2D eigenvalue weighted by molar-refractivity contribution is 0.151. The summed E-state index contributed by atoms with van der Waals surface area (Å²) in [6, 6.07) is 8.83. The monoisotopic (exact) mass is 281 g/mol. The van der Waals surface area contributed by atoms with Crippen molar-refractivity contribution in [3.05, 3.63) is 29.8 Å². The Morgan fingerprint density at radius 3 is 2.53 bits per heavy atom. The summed E-state index contributed by atoms with van der Waals surface area (Å²) in [7, 11) is 0. The third kappa shape index (κ3) is 8.30. The van der Waals surface area contributed by atoms with Gasteiger partial charge in [-0.2, -0.15) is 0 Å². The molecule has 0 spiro atoms. The number of rotatable bonds is 10. The van der Waals surface area contributed by atoms with Gasteiger partial charge in [0.1, 0.15) is 0 Å². The lowest BCUT2D eigenvalue weighted by Crippen LogP contribution is -2.18. The first-order valence-corrected chi connectivity index (χ1v) is 8.21. The molecule has 0 aliphatic carbocycles. The predicted molar refractivity (Wildman–Crippen MR) is 84.8 cm³/mol. The Balaban J connectivity index is 2.19. The summed E-state index contributed by atoms with van der Waals surface area (Å²) < 4.78 is 5.47. The second kappa shape index (κ2) is 10.3. The summed E-state index contributed by atoms with van der Waals surface area (Å²) in [5.41, 5.74) is 1.35. The van der Waals surface area contributed by atoms with Crippen molar-refractivity contribution in [1.29, 1.82) is 0 Å². The van der Waals surface area contributed by atoms with E-state index in [0.717, 1.165) is 38.5 Å². The minimum absolute atomic E-state index is 0.706. The van der Waals surface area contributed by atoms with E-state index >= 15 is 0 Å². The Labute approximate surface area is 122 Å². The summed E-state index contributed by atoms with van der Waals surface area (Å²) in [6.07, 6.45) is 1.10. The van der Waals surface area contributed by atoms with Crippen LogP contribution in [-0.4, -0.2) is 25.5 Å². The van der Waals surface area contributed by atoms with E-state index in [1.807, 2.05) is 11.8 Å². The van der Waals surface area contributed by atoms with Gasteiger partial charge in [-0.25, -0.2) is 0 Å². The smallest absolute Gasteiger partial charge is 0.0560 e. The van der Waals surface area contributed by atoms with Gasteiger partial charge < -0.3 is 10.1 Å². The minimum Gasteiger partial charge on any atom is -0.381 e. The molecule has 1 aromatic rings. The maximum Gasteiger partial charge on any atom is 0.0560 e. The lowest BCUT2D eigenvalue weighted by atomic mass is 10.2. The van der Waals surface area contributed by atoms with E-state index in [4.69, 9.17) is 4.74 Å². The molecule has 1 N–H and O–H groups in total. The Hall–Kier alpha value is -0.510. The van der Waals surface area contributed by atoms with Gasteiger partial charge in [0.2, 0.25) is 0 Å². The van der Waals surface area contributed by atoms with Crippen LogP contribution in [0, 0.1) is 5.92 Å². The van der Waals surface area contributed by atoms with Crippen molar-refractivity contribution >= 4 is 11.8 Å². The van der Waals surface area contributed by atoms with Gasteiger partial charge in [0.25, 0.3) is 0 Å². The van der Waals surface area contributed by atoms with E-state index in [9.17, 15) is 0 Å². The van der Waals surface area contributed by atoms with Gasteiger partial charge in [-0.15, -0.1) is 11.8 Å². The summed E-state index contributed by atoms with van der Waals surface area (Å²) in [6.45, 7) is 10.4. The first-order chi connectivity index (χ1) is 9.22. The summed E-state index contributed by atoms with van der Waals surface area (Å²) >= 11 is 1.86. The molecule has 0 fully saturated rings. The molecule has 0 aromatic heterocycles. The van der Waals surface area contributed by atoms with E-state index in [1.54, 1.807) is 0 Å². The van der Waals surface area contributed by atoms with E-state index in [0.29, 0.717) is 5.92 Å². The highest BCUT2D eigenvalue weighted by molar-refractivity contribution is 7.99. The van der Waals surface area contributed by atoms with Crippen molar-refractivity contribution in [3.8, 4) is 0 Å². The normalized spacial score (nSPS) is 11.2. The quantitative estimate of drug-likeness (QED) is 0.518. The molecule has 0 aliphatic rings. The molecule has 0 radical (unpaired) electrons. The van der Waals surface area contributed by atoms with Gasteiger partial charge in [-0.05, 0) is 36.6 Å². The molecule has 3 heteroatoms. The van der Waals surface area contributed by atoms with Crippen molar-refractivity contribution in [2.24, 2.45) is 5.92 Å². The van der Waals surface area contributed by atoms with Gasteiger partial charge in [-0.1, -0.05) is 32.9 Å². The molecule has 0 saturated heterocycles. The number of hydrogen-bond donors (Lipinski definition) is 1. The molecule has 1 aromatic carbocycles. The first kappa shape index (κ1) is 16.5. The van der Waals surface area contributed by atoms with Gasteiger partial charge in [0.15, 0.2) is 0 Å². The highest BCUT2D eigenvalue weighted by Gasteiger charge is 1.97. The van der Waals surface area contributed by atoms with Crippen molar-refractivity contribution in [1.82, 2.24) is 5.32 Å². The zero-order valence-electron chi connectivity index (χ0n) is 12.4. The van der Waals surface area contributed by atoms with Crippen LogP contribution in [0.2, 0.25) is 0 Å². The number of ether oxygens (including phenoxy) is 1. The highest BCUT2D eigenvalue weighted by Crippen LogP contribution is 2.18. The minimum atomic E-state index is 0.706. The van der Waals surface area contributed by atoms with Crippen LogP contribution in [0.3, 0.4) is 0 Å². The van der Waals surface area contributed by atoms with Crippen molar-refractivity contribution in [3.63, 3.8) is 0 Å². The molecule has 0 heterocycles. The zero-order chi connectivity index (χ0) is 13.9. The van der Waals surface area contributed by atoms with Crippen molar-refractivity contribution < 1.29 is 4.74 Å². The molecule has 108 valence electrons. The van der Waals surface area contributed by atoms with Crippen molar-refractivity contribution in [2.45, 2.75) is 38.6 Å². The number of hydrogen-bond acceptors (Lipinski definition) is 3. The SMILES string of the molecule is CCCOCCSc1ccc(CNCC(C)C)cc1. The molecule has 1 rings (SSSR count). The van der Waals surface area contributed by atoms with Gasteiger partial charge in [0, 0.05) is 23.8 Å². The fourth-order valence-corrected chi connectivity index (χ4v) is 2.44. The second-order valence-corrected chi connectivity index (χ2v) is 6.30. The van der Waals surface area contributed by atoms with Gasteiger partial charge in [0.05, 0.1) is 6.61 Å². The van der Waals surface area contributed by atoms with E-state index in [-0.39, 0.29) is 0 Å². The Bertz CT molecular complexity index is 324. The average molecular weight is 281 g/mol. The van der Waals surface area contributed by atoms with E-state index < -0.39 is 0 Å². The first-order valence-electron chi connectivity index (χ1n) is 7.22. The number of nitrogens with one attached hydrogen (secondary N) is 1. The Kier molecular flexibility index (Phi) is 8.97. The van der Waals surface area contributed by atoms with Crippen molar-refractivity contribution in [2.75, 3.05) is 25.5 Å². The largest absolute Gasteiger partial charge is 0.381 e. The third-order valence-corrected chi connectivity index (χ3v) is 3.63. The summed E-state index contributed by atoms with van der Waals surface area (Å²) in [5.74, 6) is 1.74. The molecule has 0 unspecified atom stereocenters. The fourth-order valence-electron chi connectivity index (χ4n) is 1.67. The number of benzene rings is 1. The standard InChI is InChI=1S/C16H27NOS/c1-4-9-18-10-11-19-16-7-5-15(6-8-16)13-17-12-14(2)3/h5-8,14,17H,4,9-13H2,1-3H3. The molecular formula is C16H27NOS. The Morgan fingerprint density at radius 1 is 1.16 bits per heavy atom. The molecule has 0 aliphatic heterocycles. The van der Waals surface area contributed by atoms with Crippen LogP contribution in [0.4, 0.5) is 0 Å². The molecule has 0 saturated carbocycles. The van der Waals surface area contributed by atoms with Crippen LogP contribution in [0.1, 0.15) is 32.8 Å². The van der Waals surface area contributed by atoms with Crippen LogP contribution in [0.25, 0.3) is 0 Å². The van der Waals surface area contributed by atoms with E-state index in [1.165, 1.54) is 10.5 Å². The lowest BCUT2D eigenvalue weighted by Gasteiger charge is -2.08. The fraction of sp³-hybridized carbons (Fsp3) is 0.625. The second-order valence-electron chi connectivity index (χ2n) is 5.13. The maximum atomic E-state index is 5.47. The highest BCUT2D eigenvalue weighted by atomic mass is 32.2. The maximum absolute atomic E-state index is 5.47. The van der Waals surface area contributed by atoms with Gasteiger partial charge >= 0.3 is 0 Å². The van der Waals surface area contributed by atoms with Crippen LogP contribution < -0.4 is 5.32 Å². The van der Waals surface area contributed by atoms with Crippen LogP contribution >= 0.6 is 11.8 Å². The van der Waals surface area contributed by atoms with E-state index in [2.05, 4.69) is 50.4 Å². The van der Waals surface area contributed by atoms with Gasteiger partial charge in [-0.3, -0.25) is 0 Å². The summed E-state index contributed by atoms with van der Waals surface area (Å²) in [4.78, 5) is 1.33. The Morgan fingerprint density at radius 2 is 1.89 bits per heavy atom. The zero-order valence-corrected chi connectivity index (χ0v) is 13.3. The van der Waals surface area contributed by atoms with Crippen LogP contribution in [0.15, 0.2) is 29.2 Å². The predicted octanol–water partition coefficient (Wildman–Crippen LogP) is 3.95. The topological polar surface area (TPSA) is 21.3 Å². The average Bonchev–Trinajstić information content (AvgIpc) is 2.40. The number of thioether (sulfide) groups is 1.